The minimum Gasteiger partial charge on any atom is -0.388 e. The maximum absolute atomic E-state index is 12.8. The summed E-state index contributed by atoms with van der Waals surface area (Å²) in [6.07, 6.45) is 4.83. The van der Waals surface area contributed by atoms with Gasteiger partial charge in [0.2, 0.25) is 5.91 Å². The number of aromatic nitrogens is 2. The van der Waals surface area contributed by atoms with Crippen LogP contribution in [0.2, 0.25) is 0 Å². The van der Waals surface area contributed by atoms with Crippen molar-refractivity contribution >= 4 is 5.91 Å². The molecular formula is C20H27N3O2. The van der Waals surface area contributed by atoms with Crippen molar-refractivity contribution in [3.63, 3.8) is 0 Å². The number of nitrogens with zero attached hydrogens (tertiary/aromatic N) is 3. The number of hydrogen-bond acceptors (Lipinski definition) is 3. The van der Waals surface area contributed by atoms with Crippen LogP contribution < -0.4 is 0 Å². The zero-order chi connectivity index (χ0) is 18.0. The lowest BCUT2D eigenvalue weighted by molar-refractivity contribution is -0.137. The third-order valence-electron chi connectivity index (χ3n) is 5.34. The van der Waals surface area contributed by atoms with Gasteiger partial charge >= 0.3 is 0 Å². The van der Waals surface area contributed by atoms with Crippen LogP contribution in [-0.2, 0) is 11.3 Å². The molecule has 1 aliphatic rings. The van der Waals surface area contributed by atoms with Gasteiger partial charge in [0.15, 0.2) is 0 Å². The molecule has 1 aromatic heterocycles. The van der Waals surface area contributed by atoms with Gasteiger partial charge in [0.25, 0.3) is 0 Å². The minimum atomic E-state index is -0.769. The Labute approximate surface area is 149 Å². The Balaban J connectivity index is 1.60. The summed E-state index contributed by atoms with van der Waals surface area (Å²) >= 11 is 0. The van der Waals surface area contributed by atoms with Crippen LogP contribution in [0.1, 0.15) is 42.6 Å². The number of aliphatic hydroxyl groups is 1. The summed E-state index contributed by atoms with van der Waals surface area (Å²) in [5.74, 6) is 0.896. The molecule has 5 heteroatoms. The molecule has 1 N–H and O–H groups in total. The van der Waals surface area contributed by atoms with E-state index in [-0.39, 0.29) is 11.8 Å². The van der Waals surface area contributed by atoms with E-state index >= 15 is 0 Å². The number of hydrogen-bond donors (Lipinski definition) is 1. The largest absolute Gasteiger partial charge is 0.388 e. The van der Waals surface area contributed by atoms with E-state index in [0.29, 0.717) is 32.5 Å². The van der Waals surface area contributed by atoms with Crippen molar-refractivity contribution in [2.24, 2.45) is 0 Å². The smallest absolute Gasteiger partial charge is 0.229 e. The van der Waals surface area contributed by atoms with Crippen LogP contribution in [0.25, 0.3) is 0 Å². The fraction of sp³-hybridized carbons (Fsp3) is 0.500. The van der Waals surface area contributed by atoms with Crippen molar-refractivity contribution < 1.29 is 9.90 Å². The Hall–Kier alpha value is -2.14. The van der Waals surface area contributed by atoms with Gasteiger partial charge in [-0.1, -0.05) is 29.8 Å². The lowest BCUT2D eigenvalue weighted by atomic mass is 9.90. The van der Waals surface area contributed by atoms with Gasteiger partial charge in [-0.05, 0) is 39.2 Å². The van der Waals surface area contributed by atoms with Gasteiger partial charge < -0.3 is 14.6 Å². The molecule has 2 heterocycles. The summed E-state index contributed by atoms with van der Waals surface area (Å²) in [5.41, 5.74) is 1.47. The molecular weight excluding hydrogens is 314 g/mol. The van der Waals surface area contributed by atoms with Crippen LogP contribution in [-0.4, -0.2) is 44.2 Å². The van der Waals surface area contributed by atoms with Crippen molar-refractivity contribution in [1.29, 1.82) is 0 Å². The van der Waals surface area contributed by atoms with Gasteiger partial charge in [-0.2, -0.15) is 0 Å². The predicted octanol–water partition coefficient (Wildman–Crippen LogP) is 2.66. The van der Waals surface area contributed by atoms with Gasteiger partial charge in [-0.15, -0.1) is 0 Å². The molecule has 3 rings (SSSR count). The monoisotopic (exact) mass is 341 g/mol. The number of piperidine rings is 1. The number of rotatable bonds is 4. The highest BCUT2D eigenvalue weighted by Gasteiger charge is 2.35. The molecule has 1 aromatic carbocycles. The van der Waals surface area contributed by atoms with Gasteiger partial charge in [0.1, 0.15) is 5.82 Å². The van der Waals surface area contributed by atoms with Crippen LogP contribution in [0.15, 0.2) is 36.7 Å². The number of imidazole rings is 1. The van der Waals surface area contributed by atoms with Crippen molar-refractivity contribution in [3.05, 3.63) is 53.6 Å². The lowest BCUT2D eigenvalue weighted by Crippen LogP contribution is -2.49. The normalized spacial score (nSPS) is 18.2. The van der Waals surface area contributed by atoms with E-state index in [4.69, 9.17) is 0 Å². The standard InChI is InChI=1S/C20H27N3O2/c1-15-4-6-18(7-5-15)16(2)19(24)22-11-8-20(25,9-12-22)14-23-13-10-21-17(23)3/h4-7,10,13,16,25H,8-9,11-12,14H2,1-3H3. The first kappa shape index (κ1) is 17.7. The second-order valence-electron chi connectivity index (χ2n) is 7.28. The number of aryl methyl sites for hydroxylation is 2. The quantitative estimate of drug-likeness (QED) is 0.930. The fourth-order valence-corrected chi connectivity index (χ4v) is 3.46. The van der Waals surface area contributed by atoms with E-state index in [0.717, 1.165) is 11.4 Å². The Morgan fingerprint density at radius 1 is 1.24 bits per heavy atom. The van der Waals surface area contributed by atoms with Crippen LogP contribution >= 0.6 is 0 Å². The van der Waals surface area contributed by atoms with E-state index in [2.05, 4.69) is 4.98 Å². The summed E-state index contributed by atoms with van der Waals surface area (Å²) in [4.78, 5) is 18.9. The zero-order valence-corrected chi connectivity index (χ0v) is 15.3. The Morgan fingerprint density at radius 3 is 2.44 bits per heavy atom. The van der Waals surface area contributed by atoms with Crippen molar-refractivity contribution in [3.8, 4) is 0 Å². The molecule has 1 fully saturated rings. The molecule has 2 aromatic rings. The summed E-state index contributed by atoms with van der Waals surface area (Å²) in [6, 6.07) is 8.14. The van der Waals surface area contributed by atoms with E-state index in [1.54, 1.807) is 6.20 Å². The van der Waals surface area contributed by atoms with Crippen molar-refractivity contribution in [2.75, 3.05) is 13.1 Å². The third kappa shape index (κ3) is 3.93. The van der Waals surface area contributed by atoms with Gasteiger partial charge in [-0.25, -0.2) is 4.98 Å². The average Bonchev–Trinajstić information content (AvgIpc) is 2.99. The Kier molecular flexibility index (Phi) is 4.95. The van der Waals surface area contributed by atoms with E-state index in [9.17, 15) is 9.90 Å². The molecule has 0 saturated carbocycles. The number of amides is 1. The molecule has 5 nitrogen and oxygen atoms in total. The summed E-state index contributed by atoms with van der Waals surface area (Å²) in [6.45, 7) is 7.67. The molecule has 1 amide bonds. The summed E-state index contributed by atoms with van der Waals surface area (Å²) in [5, 5.41) is 10.9. The zero-order valence-electron chi connectivity index (χ0n) is 15.3. The first-order chi connectivity index (χ1) is 11.9. The van der Waals surface area contributed by atoms with Crippen molar-refractivity contribution in [2.45, 2.75) is 51.7 Å². The molecule has 0 radical (unpaired) electrons. The van der Waals surface area contributed by atoms with Gasteiger partial charge in [0.05, 0.1) is 18.1 Å². The lowest BCUT2D eigenvalue weighted by Gasteiger charge is -2.39. The van der Waals surface area contributed by atoms with E-state index < -0.39 is 5.60 Å². The molecule has 1 atom stereocenters. The molecule has 1 saturated heterocycles. The third-order valence-corrected chi connectivity index (χ3v) is 5.34. The Bertz CT molecular complexity index is 728. The number of carbonyl (C=O) groups excluding carboxylic acids is 1. The number of likely N-dealkylation sites (tertiary alicyclic amines) is 1. The molecule has 25 heavy (non-hydrogen) atoms. The van der Waals surface area contributed by atoms with Gasteiger partial charge in [0, 0.05) is 25.5 Å². The molecule has 134 valence electrons. The van der Waals surface area contributed by atoms with E-state index in [1.165, 1.54) is 5.56 Å². The minimum absolute atomic E-state index is 0.143. The summed E-state index contributed by atoms with van der Waals surface area (Å²) < 4.78 is 1.98. The highest BCUT2D eigenvalue weighted by Crippen LogP contribution is 2.27. The van der Waals surface area contributed by atoms with Crippen LogP contribution in [0.4, 0.5) is 0 Å². The predicted molar refractivity (Wildman–Crippen MR) is 97.3 cm³/mol. The van der Waals surface area contributed by atoms with Crippen LogP contribution in [0.5, 0.6) is 0 Å². The maximum Gasteiger partial charge on any atom is 0.229 e. The fourth-order valence-electron chi connectivity index (χ4n) is 3.46. The topological polar surface area (TPSA) is 58.4 Å². The Morgan fingerprint density at radius 2 is 1.88 bits per heavy atom. The molecule has 1 aliphatic heterocycles. The van der Waals surface area contributed by atoms with Crippen molar-refractivity contribution in [1.82, 2.24) is 14.5 Å². The molecule has 1 unspecified atom stereocenters. The maximum atomic E-state index is 12.8. The van der Waals surface area contributed by atoms with Crippen LogP contribution in [0, 0.1) is 13.8 Å². The summed E-state index contributed by atoms with van der Waals surface area (Å²) in [7, 11) is 0. The first-order valence-electron chi connectivity index (χ1n) is 8.93. The van der Waals surface area contributed by atoms with E-state index in [1.807, 2.05) is 60.7 Å². The molecule has 0 bridgehead atoms. The molecule has 0 aliphatic carbocycles. The second kappa shape index (κ2) is 7.00. The van der Waals surface area contributed by atoms with Crippen LogP contribution in [0.3, 0.4) is 0 Å². The number of carbonyl (C=O) groups is 1. The molecule has 0 spiro atoms. The van der Waals surface area contributed by atoms with Gasteiger partial charge in [-0.3, -0.25) is 4.79 Å². The second-order valence-corrected chi connectivity index (χ2v) is 7.28. The number of benzene rings is 1. The average molecular weight is 341 g/mol. The highest BCUT2D eigenvalue weighted by atomic mass is 16.3. The first-order valence-corrected chi connectivity index (χ1v) is 8.93. The SMILES string of the molecule is Cc1ccc(C(C)C(=O)N2CCC(O)(Cn3ccnc3C)CC2)cc1. The highest BCUT2D eigenvalue weighted by molar-refractivity contribution is 5.83.